The summed E-state index contributed by atoms with van der Waals surface area (Å²) in [7, 11) is 0. The molecule has 2 heterocycles. The number of esters is 1. The second kappa shape index (κ2) is 8.47. The second-order valence-corrected chi connectivity index (χ2v) is 6.77. The van der Waals surface area contributed by atoms with E-state index in [1.54, 1.807) is 35.1 Å². The van der Waals surface area contributed by atoms with Crippen molar-refractivity contribution >= 4 is 17.6 Å². The van der Waals surface area contributed by atoms with E-state index in [-0.39, 0.29) is 17.8 Å². The van der Waals surface area contributed by atoms with Crippen LogP contribution in [0.5, 0.6) is 0 Å². The van der Waals surface area contributed by atoms with Gasteiger partial charge in [0.25, 0.3) is 5.91 Å². The lowest BCUT2D eigenvalue weighted by atomic mass is 10.2. The van der Waals surface area contributed by atoms with E-state index < -0.39 is 0 Å². The van der Waals surface area contributed by atoms with E-state index >= 15 is 0 Å². The highest BCUT2D eigenvalue weighted by Gasteiger charge is 2.16. The topological polar surface area (TPSA) is 86.1 Å². The van der Waals surface area contributed by atoms with Crippen LogP contribution in [0, 0.1) is 12.8 Å². The van der Waals surface area contributed by atoms with Crippen LogP contribution in [0.2, 0.25) is 0 Å². The molecule has 0 bridgehead atoms. The van der Waals surface area contributed by atoms with Gasteiger partial charge in [0.2, 0.25) is 0 Å². The van der Waals surface area contributed by atoms with Crippen molar-refractivity contribution in [2.45, 2.75) is 20.8 Å². The predicted molar refractivity (Wildman–Crippen MR) is 106 cm³/mol. The van der Waals surface area contributed by atoms with Crippen molar-refractivity contribution in [3.05, 3.63) is 71.7 Å². The van der Waals surface area contributed by atoms with Crippen LogP contribution in [-0.2, 0) is 4.74 Å². The lowest BCUT2D eigenvalue weighted by Crippen LogP contribution is -2.14. The van der Waals surface area contributed by atoms with Gasteiger partial charge in [-0.15, -0.1) is 0 Å². The van der Waals surface area contributed by atoms with Crippen molar-refractivity contribution in [1.82, 2.24) is 14.8 Å². The van der Waals surface area contributed by atoms with Gasteiger partial charge in [-0.25, -0.2) is 14.5 Å². The molecule has 0 radical (unpaired) electrons. The highest BCUT2D eigenvalue weighted by atomic mass is 16.5. The van der Waals surface area contributed by atoms with Crippen molar-refractivity contribution in [2.75, 3.05) is 11.9 Å². The first kappa shape index (κ1) is 19.3. The van der Waals surface area contributed by atoms with Crippen LogP contribution in [0.3, 0.4) is 0 Å². The van der Waals surface area contributed by atoms with Crippen LogP contribution < -0.4 is 5.32 Å². The molecule has 0 fully saturated rings. The lowest BCUT2D eigenvalue weighted by molar-refractivity contribution is 0.0459. The van der Waals surface area contributed by atoms with Gasteiger partial charge in [-0.1, -0.05) is 19.9 Å². The molecule has 0 aliphatic carbocycles. The summed E-state index contributed by atoms with van der Waals surface area (Å²) in [5.74, 6) is 0.259. The maximum atomic E-state index is 12.6. The third kappa shape index (κ3) is 4.43. The highest BCUT2D eigenvalue weighted by molar-refractivity contribution is 6.05. The van der Waals surface area contributed by atoms with Gasteiger partial charge < -0.3 is 10.1 Å². The molecule has 0 saturated carbocycles. The monoisotopic (exact) mass is 378 g/mol. The van der Waals surface area contributed by atoms with Crippen molar-refractivity contribution in [3.8, 4) is 5.82 Å². The third-order valence-corrected chi connectivity index (χ3v) is 4.05. The van der Waals surface area contributed by atoms with Gasteiger partial charge in [0, 0.05) is 11.9 Å². The summed E-state index contributed by atoms with van der Waals surface area (Å²) < 4.78 is 6.81. The molecule has 0 aliphatic rings. The van der Waals surface area contributed by atoms with E-state index in [9.17, 15) is 9.59 Å². The predicted octanol–water partition coefficient (Wildman–Crippen LogP) is 3.64. The number of nitrogens with zero attached hydrogens (tertiary/aromatic N) is 3. The average molecular weight is 378 g/mol. The fourth-order valence-electron chi connectivity index (χ4n) is 2.56. The number of aromatic nitrogens is 3. The van der Waals surface area contributed by atoms with Crippen LogP contribution in [0.25, 0.3) is 5.82 Å². The fourth-order valence-corrected chi connectivity index (χ4v) is 2.56. The summed E-state index contributed by atoms with van der Waals surface area (Å²) in [5.41, 5.74) is 2.16. The maximum absolute atomic E-state index is 12.6. The zero-order valence-electron chi connectivity index (χ0n) is 16.0. The summed E-state index contributed by atoms with van der Waals surface area (Å²) in [4.78, 5) is 28.8. The molecule has 2 aromatic heterocycles. The smallest absolute Gasteiger partial charge is 0.338 e. The number of carbonyl (C=O) groups excluding carboxylic acids is 2. The number of nitrogens with one attached hydrogen (secondary N) is 1. The Kier molecular flexibility index (Phi) is 5.84. The highest BCUT2D eigenvalue weighted by Crippen LogP contribution is 2.16. The maximum Gasteiger partial charge on any atom is 0.338 e. The van der Waals surface area contributed by atoms with Crippen molar-refractivity contribution < 1.29 is 14.3 Å². The van der Waals surface area contributed by atoms with Gasteiger partial charge >= 0.3 is 5.97 Å². The van der Waals surface area contributed by atoms with Crippen LogP contribution in [0.15, 0.2) is 54.9 Å². The molecule has 144 valence electrons. The van der Waals surface area contributed by atoms with Gasteiger partial charge in [0.15, 0.2) is 5.82 Å². The molecule has 0 spiro atoms. The van der Waals surface area contributed by atoms with E-state index in [0.717, 1.165) is 0 Å². The van der Waals surface area contributed by atoms with Gasteiger partial charge in [-0.3, -0.25) is 4.79 Å². The number of carbonyl (C=O) groups is 2. The number of anilines is 1. The van der Waals surface area contributed by atoms with E-state index in [2.05, 4.69) is 15.4 Å². The van der Waals surface area contributed by atoms with Crippen LogP contribution >= 0.6 is 0 Å². The van der Waals surface area contributed by atoms with Gasteiger partial charge in [-0.05, 0) is 49.2 Å². The molecule has 1 N–H and O–H groups in total. The fraction of sp³-hybridized carbons (Fsp3) is 0.238. The minimum atomic E-state index is -0.376. The molecule has 1 aromatic carbocycles. The normalized spacial score (nSPS) is 10.7. The van der Waals surface area contributed by atoms with Crippen molar-refractivity contribution in [1.29, 1.82) is 0 Å². The first-order valence-electron chi connectivity index (χ1n) is 9.00. The third-order valence-electron chi connectivity index (χ3n) is 4.05. The number of hydrogen-bond acceptors (Lipinski definition) is 5. The molecule has 0 aliphatic heterocycles. The van der Waals surface area contributed by atoms with Gasteiger partial charge in [0.05, 0.1) is 29.6 Å². The number of benzene rings is 1. The standard InChI is InChI=1S/C21H22N4O3/c1-14(2)13-28-21(27)16-7-9-17(10-8-16)24-20(26)18-12-23-25(15(18)3)19-6-4-5-11-22-19/h4-12,14H,13H2,1-3H3,(H,24,26). The van der Waals surface area contributed by atoms with Gasteiger partial charge in [-0.2, -0.15) is 5.10 Å². The molecule has 0 atom stereocenters. The quantitative estimate of drug-likeness (QED) is 0.662. The Bertz CT molecular complexity index is 963. The van der Waals surface area contributed by atoms with Gasteiger partial charge in [0.1, 0.15) is 0 Å². The lowest BCUT2D eigenvalue weighted by Gasteiger charge is -2.08. The van der Waals surface area contributed by atoms with Crippen LogP contribution in [0.4, 0.5) is 5.69 Å². The zero-order chi connectivity index (χ0) is 20.1. The number of ether oxygens (including phenoxy) is 1. The minimum Gasteiger partial charge on any atom is -0.462 e. The number of pyridine rings is 1. The largest absolute Gasteiger partial charge is 0.462 e. The molecular formula is C21H22N4O3. The molecule has 7 heteroatoms. The molecule has 7 nitrogen and oxygen atoms in total. The summed E-state index contributed by atoms with van der Waals surface area (Å²) in [5, 5.41) is 7.07. The molecule has 0 unspecified atom stereocenters. The van der Waals surface area contributed by atoms with E-state index in [0.29, 0.717) is 34.9 Å². The number of hydrogen-bond donors (Lipinski definition) is 1. The Morgan fingerprint density at radius 3 is 2.54 bits per heavy atom. The van der Waals surface area contributed by atoms with Crippen LogP contribution in [0.1, 0.15) is 40.3 Å². The molecule has 3 rings (SSSR count). The molecular weight excluding hydrogens is 356 g/mol. The number of rotatable bonds is 6. The van der Waals surface area contributed by atoms with Crippen LogP contribution in [-0.4, -0.2) is 33.2 Å². The Balaban J connectivity index is 1.68. The molecule has 28 heavy (non-hydrogen) atoms. The Morgan fingerprint density at radius 2 is 1.89 bits per heavy atom. The van der Waals surface area contributed by atoms with E-state index in [4.69, 9.17) is 4.74 Å². The first-order valence-corrected chi connectivity index (χ1v) is 9.00. The van der Waals surface area contributed by atoms with Crippen molar-refractivity contribution in [2.24, 2.45) is 5.92 Å². The Hall–Kier alpha value is -3.48. The van der Waals surface area contributed by atoms with E-state index in [1.807, 2.05) is 39.0 Å². The second-order valence-electron chi connectivity index (χ2n) is 6.77. The summed E-state index contributed by atoms with van der Waals surface area (Å²) in [6.07, 6.45) is 3.18. The molecule has 1 amide bonds. The molecule has 3 aromatic rings. The zero-order valence-corrected chi connectivity index (χ0v) is 16.0. The SMILES string of the molecule is Cc1c(C(=O)Nc2ccc(C(=O)OCC(C)C)cc2)cnn1-c1ccccn1. The Labute approximate surface area is 163 Å². The summed E-state index contributed by atoms with van der Waals surface area (Å²) >= 11 is 0. The Morgan fingerprint density at radius 1 is 1.14 bits per heavy atom. The number of amides is 1. The average Bonchev–Trinajstić information content (AvgIpc) is 3.09. The molecule has 0 saturated heterocycles. The van der Waals surface area contributed by atoms with E-state index in [1.165, 1.54) is 6.20 Å². The minimum absolute atomic E-state index is 0.276. The van der Waals surface area contributed by atoms with Crippen molar-refractivity contribution in [3.63, 3.8) is 0 Å². The first-order chi connectivity index (χ1) is 13.5. The summed E-state index contributed by atoms with van der Waals surface area (Å²) in [6.45, 7) is 6.13. The summed E-state index contributed by atoms with van der Waals surface area (Å²) in [6, 6.07) is 12.1.